The molecule has 7 nitrogen and oxygen atoms in total. The lowest BCUT2D eigenvalue weighted by Crippen LogP contribution is -2.49. The molecule has 2 aliphatic heterocycles. The molecule has 3 aromatic rings. The number of aryl methyl sites for hydroxylation is 1. The molecule has 8 heteroatoms. The molecule has 4 heterocycles. The van der Waals surface area contributed by atoms with Crippen molar-refractivity contribution in [3.63, 3.8) is 0 Å². The molecule has 2 saturated heterocycles. The van der Waals surface area contributed by atoms with E-state index in [0.29, 0.717) is 42.9 Å². The molecule has 2 aliphatic rings. The van der Waals surface area contributed by atoms with E-state index in [1.807, 2.05) is 9.80 Å². The van der Waals surface area contributed by atoms with E-state index in [-0.39, 0.29) is 35.5 Å². The van der Waals surface area contributed by atoms with Gasteiger partial charge in [0.1, 0.15) is 12.1 Å². The number of aromatic nitrogens is 3. The summed E-state index contributed by atoms with van der Waals surface area (Å²) in [6, 6.07) is 9.98. The van der Waals surface area contributed by atoms with Gasteiger partial charge in [-0.25, -0.2) is 14.4 Å². The van der Waals surface area contributed by atoms with Crippen molar-refractivity contribution in [3.05, 3.63) is 89.5 Å². The standard InChI is InChI=1S/C25H24FN5O2/c1-16-20(12-28-15-29-16)25(33)30-10-8-23-22(13-30)21(17-4-6-19(26)7-5-17)14-31(23)24(32)18-3-2-9-27-11-18/h2-7,9,11-12,15,21-23H,8,10,13-14H2,1H3/t21-,22-,23-/m0/s1. The maximum absolute atomic E-state index is 13.6. The SMILES string of the molecule is Cc1ncncc1C(=O)N1CC[C@H]2[C@@H](C1)[C@H](c1ccc(F)cc1)CN2C(=O)c1cccnc1. The summed E-state index contributed by atoms with van der Waals surface area (Å²) < 4.78 is 13.6. The monoisotopic (exact) mass is 445 g/mol. The largest absolute Gasteiger partial charge is 0.338 e. The van der Waals surface area contributed by atoms with E-state index < -0.39 is 0 Å². The quantitative estimate of drug-likeness (QED) is 0.619. The minimum atomic E-state index is -0.295. The van der Waals surface area contributed by atoms with E-state index in [4.69, 9.17) is 0 Å². The summed E-state index contributed by atoms with van der Waals surface area (Å²) in [7, 11) is 0. The van der Waals surface area contributed by atoms with Crippen molar-refractivity contribution in [2.24, 2.45) is 5.92 Å². The summed E-state index contributed by atoms with van der Waals surface area (Å²) in [5.41, 5.74) is 2.66. The van der Waals surface area contributed by atoms with Gasteiger partial charge >= 0.3 is 0 Å². The van der Waals surface area contributed by atoms with Crippen molar-refractivity contribution in [2.75, 3.05) is 19.6 Å². The third-order valence-corrected chi connectivity index (χ3v) is 6.83. The lowest BCUT2D eigenvalue weighted by atomic mass is 9.81. The zero-order chi connectivity index (χ0) is 22.9. The number of nitrogens with zero attached hydrogens (tertiary/aromatic N) is 5. The van der Waals surface area contributed by atoms with Crippen LogP contribution in [0.15, 0.2) is 61.3 Å². The van der Waals surface area contributed by atoms with E-state index in [1.54, 1.807) is 49.8 Å². The molecule has 2 aromatic heterocycles. The fourth-order valence-corrected chi connectivity index (χ4v) is 5.14. The number of halogens is 1. The minimum absolute atomic E-state index is 0.0000540. The van der Waals surface area contributed by atoms with E-state index in [9.17, 15) is 14.0 Å². The Morgan fingerprint density at radius 3 is 2.58 bits per heavy atom. The van der Waals surface area contributed by atoms with Crippen molar-refractivity contribution >= 4 is 11.8 Å². The first kappa shape index (κ1) is 21.2. The van der Waals surface area contributed by atoms with Gasteiger partial charge in [0.2, 0.25) is 0 Å². The molecular formula is C25H24FN5O2. The second-order valence-corrected chi connectivity index (χ2v) is 8.65. The Morgan fingerprint density at radius 2 is 1.85 bits per heavy atom. The number of benzene rings is 1. The van der Waals surface area contributed by atoms with Gasteiger partial charge in [-0.1, -0.05) is 12.1 Å². The highest BCUT2D eigenvalue weighted by atomic mass is 19.1. The van der Waals surface area contributed by atoms with Gasteiger partial charge in [-0.05, 0) is 43.2 Å². The van der Waals surface area contributed by atoms with Gasteiger partial charge in [0.05, 0.1) is 16.8 Å². The molecule has 0 spiro atoms. The zero-order valence-electron chi connectivity index (χ0n) is 18.3. The Hall–Kier alpha value is -3.68. The molecule has 0 radical (unpaired) electrons. The van der Waals surface area contributed by atoms with Crippen LogP contribution in [0.1, 0.15) is 44.3 Å². The second-order valence-electron chi connectivity index (χ2n) is 8.65. The Labute approximate surface area is 191 Å². The molecule has 33 heavy (non-hydrogen) atoms. The third kappa shape index (κ3) is 3.97. The van der Waals surface area contributed by atoms with Crippen molar-refractivity contribution in [2.45, 2.75) is 25.3 Å². The second kappa shape index (κ2) is 8.69. The average molecular weight is 445 g/mol. The molecule has 5 rings (SSSR count). The number of piperidine rings is 1. The highest BCUT2D eigenvalue weighted by Crippen LogP contribution is 2.42. The molecule has 0 unspecified atom stereocenters. The van der Waals surface area contributed by atoms with Crippen molar-refractivity contribution in [3.8, 4) is 0 Å². The van der Waals surface area contributed by atoms with Crippen molar-refractivity contribution < 1.29 is 14.0 Å². The first-order valence-corrected chi connectivity index (χ1v) is 11.1. The molecule has 2 fully saturated rings. The van der Waals surface area contributed by atoms with Crippen molar-refractivity contribution in [1.29, 1.82) is 0 Å². The van der Waals surface area contributed by atoms with E-state index >= 15 is 0 Å². The molecule has 0 saturated carbocycles. The predicted octanol–water partition coefficient (Wildman–Crippen LogP) is 3.09. The van der Waals surface area contributed by atoms with Gasteiger partial charge in [0, 0.05) is 56.1 Å². The van der Waals surface area contributed by atoms with Crippen LogP contribution in [0.2, 0.25) is 0 Å². The molecule has 0 bridgehead atoms. The number of amides is 2. The summed E-state index contributed by atoms with van der Waals surface area (Å²) in [5.74, 6) is -0.411. The van der Waals surface area contributed by atoms with E-state index in [1.165, 1.54) is 18.5 Å². The zero-order valence-corrected chi connectivity index (χ0v) is 18.3. The maximum Gasteiger partial charge on any atom is 0.257 e. The van der Waals surface area contributed by atoms with Gasteiger partial charge < -0.3 is 9.80 Å². The van der Waals surface area contributed by atoms with Gasteiger partial charge in [0.15, 0.2) is 0 Å². The van der Waals surface area contributed by atoms with Crippen LogP contribution in [0.3, 0.4) is 0 Å². The van der Waals surface area contributed by atoms with E-state index in [0.717, 1.165) is 5.56 Å². The fourth-order valence-electron chi connectivity index (χ4n) is 5.14. The van der Waals surface area contributed by atoms with Gasteiger partial charge in [0.25, 0.3) is 11.8 Å². The van der Waals surface area contributed by atoms with Crippen LogP contribution in [0, 0.1) is 18.7 Å². The molecule has 1 aromatic carbocycles. The number of carbonyl (C=O) groups excluding carboxylic acids is 2. The van der Waals surface area contributed by atoms with Crippen LogP contribution in [0.25, 0.3) is 0 Å². The molecule has 3 atom stereocenters. The number of likely N-dealkylation sites (tertiary alicyclic amines) is 2. The van der Waals surface area contributed by atoms with E-state index in [2.05, 4.69) is 15.0 Å². The molecule has 0 N–H and O–H groups in total. The molecular weight excluding hydrogens is 421 g/mol. The highest BCUT2D eigenvalue weighted by molar-refractivity contribution is 5.95. The average Bonchev–Trinajstić information content (AvgIpc) is 3.23. The Morgan fingerprint density at radius 1 is 1.03 bits per heavy atom. The Balaban J connectivity index is 1.45. The summed E-state index contributed by atoms with van der Waals surface area (Å²) in [6.07, 6.45) is 6.89. The fraction of sp³-hybridized carbons (Fsp3) is 0.320. The van der Waals surface area contributed by atoms with Crippen LogP contribution < -0.4 is 0 Å². The van der Waals surface area contributed by atoms with Crippen LogP contribution in [-0.2, 0) is 0 Å². The van der Waals surface area contributed by atoms with Crippen LogP contribution >= 0.6 is 0 Å². The number of carbonyl (C=O) groups is 2. The Bertz CT molecular complexity index is 1170. The Kier molecular flexibility index (Phi) is 5.58. The number of fused-ring (bicyclic) bond motifs is 1. The maximum atomic E-state index is 13.6. The summed E-state index contributed by atoms with van der Waals surface area (Å²) >= 11 is 0. The topological polar surface area (TPSA) is 79.3 Å². The summed E-state index contributed by atoms with van der Waals surface area (Å²) in [5, 5.41) is 0. The third-order valence-electron chi connectivity index (χ3n) is 6.83. The van der Waals surface area contributed by atoms with Crippen LogP contribution in [0.5, 0.6) is 0 Å². The lowest BCUT2D eigenvalue weighted by molar-refractivity contribution is 0.0533. The number of rotatable bonds is 3. The number of hydrogen-bond donors (Lipinski definition) is 0. The van der Waals surface area contributed by atoms with Crippen LogP contribution in [0.4, 0.5) is 4.39 Å². The number of hydrogen-bond acceptors (Lipinski definition) is 5. The first-order chi connectivity index (χ1) is 16.0. The minimum Gasteiger partial charge on any atom is -0.338 e. The van der Waals surface area contributed by atoms with Crippen LogP contribution in [-0.4, -0.2) is 62.2 Å². The summed E-state index contributed by atoms with van der Waals surface area (Å²) in [6.45, 7) is 3.37. The highest BCUT2D eigenvalue weighted by Gasteiger charge is 2.48. The molecule has 2 amide bonds. The van der Waals surface area contributed by atoms with Gasteiger partial charge in [-0.15, -0.1) is 0 Å². The normalized spacial score (nSPS) is 22.2. The molecule has 0 aliphatic carbocycles. The lowest BCUT2D eigenvalue weighted by Gasteiger charge is -2.39. The predicted molar refractivity (Wildman–Crippen MR) is 119 cm³/mol. The molecule has 168 valence electrons. The smallest absolute Gasteiger partial charge is 0.257 e. The summed E-state index contributed by atoms with van der Waals surface area (Å²) in [4.78, 5) is 42.6. The van der Waals surface area contributed by atoms with Crippen molar-refractivity contribution in [1.82, 2.24) is 24.8 Å². The van der Waals surface area contributed by atoms with Gasteiger partial charge in [-0.2, -0.15) is 0 Å². The first-order valence-electron chi connectivity index (χ1n) is 11.1. The van der Waals surface area contributed by atoms with Gasteiger partial charge in [-0.3, -0.25) is 14.6 Å². The number of pyridine rings is 1.